The van der Waals surface area contributed by atoms with Gasteiger partial charge in [0.05, 0.1) is 25.1 Å². The number of fused-ring (bicyclic) bond motifs is 1. The third-order valence-corrected chi connectivity index (χ3v) is 4.31. The normalized spacial score (nSPS) is 11.0. The van der Waals surface area contributed by atoms with Crippen LogP contribution in [0.15, 0.2) is 47.1 Å². The molecular formula is C20H20N6O3. The maximum Gasteiger partial charge on any atom is 0.261 e. The number of amides is 1. The van der Waals surface area contributed by atoms with Crippen molar-refractivity contribution in [1.29, 1.82) is 0 Å². The van der Waals surface area contributed by atoms with E-state index in [1.54, 1.807) is 11.3 Å². The summed E-state index contributed by atoms with van der Waals surface area (Å²) in [5, 5.41) is 15.1. The topological polar surface area (TPSA) is 107 Å². The van der Waals surface area contributed by atoms with E-state index in [4.69, 9.17) is 9.26 Å². The van der Waals surface area contributed by atoms with Gasteiger partial charge in [0.1, 0.15) is 5.75 Å². The molecule has 0 bridgehead atoms. The minimum absolute atomic E-state index is 0.102. The maximum atomic E-state index is 12.3. The highest BCUT2D eigenvalue weighted by Crippen LogP contribution is 2.22. The Morgan fingerprint density at radius 1 is 1.21 bits per heavy atom. The van der Waals surface area contributed by atoms with Crippen LogP contribution in [0.4, 0.5) is 0 Å². The molecule has 0 aliphatic rings. The predicted molar refractivity (Wildman–Crippen MR) is 104 cm³/mol. The lowest BCUT2D eigenvalue weighted by molar-refractivity contribution is -0.120. The van der Waals surface area contributed by atoms with Gasteiger partial charge in [0.15, 0.2) is 17.3 Å². The first-order chi connectivity index (χ1) is 14.1. The number of nitrogens with zero attached hydrogens (tertiary/aromatic N) is 5. The average molecular weight is 392 g/mol. The van der Waals surface area contributed by atoms with Crippen LogP contribution < -0.4 is 10.1 Å². The van der Waals surface area contributed by atoms with Gasteiger partial charge in [0.2, 0.25) is 5.91 Å². The predicted octanol–water partition coefficient (Wildman–Crippen LogP) is 2.35. The molecule has 4 rings (SSSR count). The molecule has 9 heteroatoms. The van der Waals surface area contributed by atoms with E-state index in [9.17, 15) is 4.79 Å². The highest BCUT2D eigenvalue weighted by molar-refractivity contribution is 5.78. The number of carbonyl (C=O) groups excluding carboxylic acids is 1. The molecule has 3 aromatic heterocycles. The van der Waals surface area contributed by atoms with Gasteiger partial charge in [-0.15, -0.1) is 10.2 Å². The van der Waals surface area contributed by atoms with Crippen LogP contribution in [-0.2, 0) is 17.8 Å². The molecule has 0 spiro atoms. The molecule has 4 aromatic rings. The molecule has 9 nitrogen and oxygen atoms in total. The number of benzene rings is 1. The van der Waals surface area contributed by atoms with E-state index in [-0.39, 0.29) is 18.9 Å². The van der Waals surface area contributed by atoms with Gasteiger partial charge in [-0.1, -0.05) is 17.3 Å². The monoisotopic (exact) mass is 392 g/mol. The van der Waals surface area contributed by atoms with Crippen LogP contribution in [0.25, 0.3) is 17.1 Å². The van der Waals surface area contributed by atoms with Crippen molar-refractivity contribution in [1.82, 2.24) is 30.1 Å². The number of carbonyl (C=O) groups is 1. The van der Waals surface area contributed by atoms with Crippen molar-refractivity contribution < 1.29 is 14.1 Å². The first-order valence-corrected chi connectivity index (χ1v) is 9.26. The maximum absolute atomic E-state index is 12.3. The average Bonchev–Trinajstić information content (AvgIpc) is 3.34. The third kappa shape index (κ3) is 4.08. The van der Waals surface area contributed by atoms with E-state index in [1.165, 1.54) is 0 Å². The minimum atomic E-state index is -0.102. The number of ether oxygens (including phenoxy) is 1. The van der Waals surface area contributed by atoms with Crippen LogP contribution in [0.2, 0.25) is 0 Å². The molecule has 148 valence electrons. The minimum Gasteiger partial charge on any atom is -0.494 e. The van der Waals surface area contributed by atoms with E-state index < -0.39 is 0 Å². The molecule has 1 amide bonds. The summed E-state index contributed by atoms with van der Waals surface area (Å²) in [6, 6.07) is 11.2. The molecule has 0 saturated carbocycles. The first-order valence-electron chi connectivity index (χ1n) is 9.26. The van der Waals surface area contributed by atoms with Gasteiger partial charge >= 0.3 is 0 Å². The summed E-state index contributed by atoms with van der Waals surface area (Å²) in [4.78, 5) is 16.6. The number of pyridine rings is 1. The fraction of sp³-hybridized carbons (Fsp3) is 0.250. The van der Waals surface area contributed by atoms with Gasteiger partial charge in [-0.05, 0) is 43.7 Å². The summed E-state index contributed by atoms with van der Waals surface area (Å²) >= 11 is 0. The zero-order valence-corrected chi connectivity index (χ0v) is 16.1. The highest BCUT2D eigenvalue weighted by Gasteiger charge is 2.15. The van der Waals surface area contributed by atoms with Crippen LogP contribution in [0, 0.1) is 6.92 Å². The second kappa shape index (κ2) is 8.09. The standard InChI is InChI=1S/C20H20N6O3/c1-3-28-15-8-6-14(7-9-15)11-18(27)21-12-17-23-24-19-16(5-4-10-26(17)19)20-22-13(2)25-29-20/h4-10H,3,11-12H2,1-2H3,(H,21,27). The summed E-state index contributed by atoms with van der Waals surface area (Å²) in [5.41, 5.74) is 2.19. The van der Waals surface area contributed by atoms with E-state index in [0.717, 1.165) is 11.3 Å². The molecule has 0 aliphatic heterocycles. The number of aromatic nitrogens is 5. The SMILES string of the molecule is CCOc1ccc(CC(=O)NCc2nnc3c(-c4nc(C)no4)cccn23)cc1. The quantitative estimate of drug-likeness (QED) is 0.514. The fourth-order valence-electron chi connectivity index (χ4n) is 2.95. The molecule has 0 saturated heterocycles. The summed E-state index contributed by atoms with van der Waals surface area (Å²) in [5.74, 6) is 2.22. The fourth-order valence-corrected chi connectivity index (χ4v) is 2.95. The van der Waals surface area contributed by atoms with Crippen LogP contribution in [-0.4, -0.2) is 37.3 Å². The van der Waals surface area contributed by atoms with Gasteiger partial charge in [-0.25, -0.2) is 0 Å². The van der Waals surface area contributed by atoms with E-state index >= 15 is 0 Å². The Labute approximate surface area is 166 Å². The Bertz CT molecular complexity index is 1130. The van der Waals surface area contributed by atoms with Crippen molar-refractivity contribution in [3.05, 3.63) is 59.8 Å². The highest BCUT2D eigenvalue weighted by atomic mass is 16.5. The lowest BCUT2D eigenvalue weighted by Gasteiger charge is -2.06. The van der Waals surface area contributed by atoms with E-state index in [1.807, 2.05) is 49.5 Å². The summed E-state index contributed by atoms with van der Waals surface area (Å²) in [6.07, 6.45) is 2.10. The lowest BCUT2D eigenvalue weighted by atomic mass is 10.1. The van der Waals surface area contributed by atoms with Crippen LogP contribution in [0.1, 0.15) is 24.1 Å². The van der Waals surface area contributed by atoms with Crippen molar-refractivity contribution >= 4 is 11.6 Å². The van der Waals surface area contributed by atoms with Crippen molar-refractivity contribution in [3.63, 3.8) is 0 Å². The number of hydrogen-bond donors (Lipinski definition) is 1. The van der Waals surface area contributed by atoms with Crippen LogP contribution in [0.3, 0.4) is 0 Å². The van der Waals surface area contributed by atoms with Crippen molar-refractivity contribution in [3.8, 4) is 17.2 Å². The van der Waals surface area contributed by atoms with Crippen LogP contribution >= 0.6 is 0 Å². The zero-order valence-electron chi connectivity index (χ0n) is 16.1. The van der Waals surface area contributed by atoms with Gasteiger partial charge in [0.25, 0.3) is 5.89 Å². The van der Waals surface area contributed by atoms with Gasteiger partial charge in [-0.2, -0.15) is 4.98 Å². The number of rotatable bonds is 7. The van der Waals surface area contributed by atoms with E-state index in [2.05, 4.69) is 25.7 Å². The summed E-state index contributed by atoms with van der Waals surface area (Å²) in [7, 11) is 0. The van der Waals surface area contributed by atoms with Crippen LogP contribution in [0.5, 0.6) is 5.75 Å². The Hall–Kier alpha value is -3.75. The molecule has 1 aromatic carbocycles. The molecule has 1 N–H and O–H groups in total. The smallest absolute Gasteiger partial charge is 0.261 e. The van der Waals surface area contributed by atoms with E-state index in [0.29, 0.717) is 35.4 Å². The first kappa shape index (κ1) is 18.6. The van der Waals surface area contributed by atoms with Crippen molar-refractivity contribution in [2.24, 2.45) is 0 Å². The molecule has 0 radical (unpaired) electrons. The van der Waals surface area contributed by atoms with Gasteiger partial charge < -0.3 is 14.6 Å². The Morgan fingerprint density at radius 3 is 2.76 bits per heavy atom. The van der Waals surface area contributed by atoms with Gasteiger partial charge in [0, 0.05) is 6.20 Å². The largest absolute Gasteiger partial charge is 0.494 e. The molecule has 3 heterocycles. The molecule has 0 aliphatic carbocycles. The Kier molecular flexibility index (Phi) is 5.19. The Balaban J connectivity index is 1.44. The number of hydrogen-bond acceptors (Lipinski definition) is 7. The van der Waals surface area contributed by atoms with Crippen molar-refractivity contribution in [2.45, 2.75) is 26.8 Å². The zero-order chi connectivity index (χ0) is 20.2. The summed E-state index contributed by atoms with van der Waals surface area (Å²) < 4.78 is 12.4. The molecule has 0 fully saturated rings. The number of nitrogens with one attached hydrogen (secondary N) is 1. The van der Waals surface area contributed by atoms with Crippen molar-refractivity contribution in [2.75, 3.05) is 6.61 Å². The Morgan fingerprint density at radius 2 is 2.03 bits per heavy atom. The molecular weight excluding hydrogens is 372 g/mol. The molecule has 29 heavy (non-hydrogen) atoms. The summed E-state index contributed by atoms with van der Waals surface area (Å²) in [6.45, 7) is 4.55. The molecule has 0 atom stereocenters. The second-order valence-electron chi connectivity index (χ2n) is 6.41. The van der Waals surface area contributed by atoms with Gasteiger partial charge in [-0.3, -0.25) is 9.20 Å². The number of aryl methyl sites for hydroxylation is 1. The molecule has 0 unspecified atom stereocenters. The lowest BCUT2D eigenvalue weighted by Crippen LogP contribution is -2.25. The second-order valence-corrected chi connectivity index (χ2v) is 6.41. The third-order valence-electron chi connectivity index (χ3n) is 4.31.